The molecule has 25 atom stereocenters. The van der Waals surface area contributed by atoms with Gasteiger partial charge in [-0.05, 0) is 0 Å². The van der Waals surface area contributed by atoms with Crippen LogP contribution in [0.15, 0.2) is 0 Å². The number of hydrogen-bond acceptors (Lipinski definition) is 26. The maximum atomic E-state index is 12.6. The van der Waals surface area contributed by atoms with Crippen LogP contribution in [0.1, 0.15) is 27.7 Å². The summed E-state index contributed by atoms with van der Waals surface area (Å²) in [5, 5.41) is 148. The molecule has 0 saturated carbocycles. The van der Waals surface area contributed by atoms with E-state index in [-0.39, 0.29) is 0 Å². The van der Waals surface area contributed by atoms with E-state index in [0.717, 1.165) is 27.7 Å². The summed E-state index contributed by atoms with van der Waals surface area (Å²) in [5.41, 5.74) is 0. The van der Waals surface area contributed by atoms with E-state index in [9.17, 15) is 85.6 Å². The summed E-state index contributed by atoms with van der Waals surface area (Å²) in [4.78, 5) is 49.3. The number of carbonyl (C=O) groups is 4. The summed E-state index contributed by atoms with van der Waals surface area (Å²) in [6.07, 6.45) is -37.2. The van der Waals surface area contributed by atoms with Crippen LogP contribution in [-0.4, -0.2) is 276 Å². The first-order valence-corrected chi connectivity index (χ1v) is 21.6. The molecule has 0 aromatic heterocycles. The number of nitrogens with one attached hydrogen (secondary N) is 4. The molecule has 0 unspecified atom stereocenters. The Morgan fingerprint density at radius 1 is 0.353 bits per heavy atom. The third-order valence-electron chi connectivity index (χ3n) is 11.9. The molecular formula is C38H64N4O26. The number of ether oxygens (including phenoxy) is 9. The minimum atomic E-state index is -1.99. The molecule has 5 rings (SSSR count). The van der Waals surface area contributed by atoms with Gasteiger partial charge >= 0.3 is 0 Å². The lowest BCUT2D eigenvalue weighted by atomic mass is 9.93. The average molecular weight is 993 g/mol. The molecule has 30 heteroatoms. The topological polar surface area (TPSA) is 462 Å². The van der Waals surface area contributed by atoms with E-state index in [4.69, 9.17) is 42.6 Å². The third-order valence-corrected chi connectivity index (χ3v) is 11.9. The summed E-state index contributed by atoms with van der Waals surface area (Å²) in [6.45, 7) is -0.383. The quantitative estimate of drug-likeness (QED) is 0.0643. The molecule has 5 fully saturated rings. The van der Waals surface area contributed by atoms with Gasteiger partial charge in [0.25, 0.3) is 0 Å². The van der Waals surface area contributed by atoms with Gasteiger partial charge in [0, 0.05) is 27.7 Å². The fraction of sp³-hybridized carbons (Fsp3) is 0.895. The van der Waals surface area contributed by atoms with Crippen LogP contribution >= 0.6 is 0 Å². The van der Waals surface area contributed by atoms with E-state index in [2.05, 4.69) is 21.3 Å². The van der Waals surface area contributed by atoms with Crippen LogP contribution in [0.2, 0.25) is 0 Å². The van der Waals surface area contributed by atoms with Gasteiger partial charge in [-0.1, -0.05) is 0 Å². The largest absolute Gasteiger partial charge is 0.394 e. The molecule has 5 aliphatic heterocycles. The standard InChI is InChI=1S/C38H64N4O26/c1-10(48)39-19-24(53)30(15(6-44)60-34(19)59)65-35-20(40-11(2)49)25(54)31(16(7-45)62-35)66-36-21(41-12(3)50)26(55)32(17(8-46)63-36)67-37-22(42-13(4)51)27(56)33(18(9-47)64-37)68-38-29(58)28(57)23(52)14(5-43)61-38/h14-38,43-47,52-59H,5-9H2,1-4H3,(H,39,48)(H,40,49)(H,41,50)(H,42,51)/t14-,15-,16-,17-,18-,19-,20-,21-,22-,23+,24-,25-,26-,27-,28+,29-,30-,31-,32-,33-,34-,35+,36+,37+,38+/m1/s1. The van der Waals surface area contributed by atoms with Crippen molar-refractivity contribution in [3.8, 4) is 0 Å². The lowest BCUT2D eigenvalue weighted by Crippen LogP contribution is -2.72. The highest BCUT2D eigenvalue weighted by molar-refractivity contribution is 5.74. The maximum Gasteiger partial charge on any atom is 0.217 e. The molecule has 30 nitrogen and oxygen atoms in total. The van der Waals surface area contributed by atoms with Gasteiger partial charge in [0.1, 0.15) is 122 Å². The molecule has 0 aromatic carbocycles. The lowest BCUT2D eigenvalue weighted by Gasteiger charge is -2.51. The average Bonchev–Trinajstić information content (AvgIpc) is 3.28. The molecule has 0 bridgehead atoms. The maximum absolute atomic E-state index is 12.6. The zero-order valence-electron chi connectivity index (χ0n) is 37.1. The van der Waals surface area contributed by atoms with Crippen molar-refractivity contribution < 1.29 is 128 Å². The first kappa shape index (κ1) is 55.9. The van der Waals surface area contributed by atoms with Crippen molar-refractivity contribution >= 4 is 23.6 Å². The second-order valence-electron chi connectivity index (χ2n) is 16.9. The molecule has 17 N–H and O–H groups in total. The highest BCUT2D eigenvalue weighted by Gasteiger charge is 2.57. The van der Waals surface area contributed by atoms with Gasteiger partial charge in [-0.2, -0.15) is 0 Å². The van der Waals surface area contributed by atoms with Crippen LogP contribution in [0.4, 0.5) is 0 Å². The zero-order chi connectivity index (χ0) is 50.5. The summed E-state index contributed by atoms with van der Waals surface area (Å²) < 4.78 is 52.3. The van der Waals surface area contributed by atoms with Crippen molar-refractivity contribution in [2.24, 2.45) is 0 Å². The lowest BCUT2D eigenvalue weighted by molar-refractivity contribution is -0.370. The molecule has 0 aromatic rings. The Labute approximate surface area is 386 Å². The molecule has 5 aliphatic rings. The van der Waals surface area contributed by atoms with E-state index in [0.29, 0.717) is 0 Å². The third kappa shape index (κ3) is 12.5. The molecular weight excluding hydrogens is 928 g/mol. The van der Waals surface area contributed by atoms with Crippen LogP contribution in [0.25, 0.3) is 0 Å². The Hall–Kier alpha value is -3.00. The molecule has 0 spiro atoms. The molecule has 5 saturated heterocycles. The number of aliphatic hydroxyl groups is 13. The number of hydrogen-bond donors (Lipinski definition) is 17. The highest BCUT2D eigenvalue weighted by atomic mass is 16.8. The van der Waals surface area contributed by atoms with Gasteiger partial charge in [0.2, 0.25) is 23.6 Å². The van der Waals surface area contributed by atoms with Crippen LogP contribution in [0, 0.1) is 0 Å². The molecule has 68 heavy (non-hydrogen) atoms. The minimum Gasteiger partial charge on any atom is -0.394 e. The van der Waals surface area contributed by atoms with Gasteiger partial charge in [-0.15, -0.1) is 0 Å². The van der Waals surface area contributed by atoms with Crippen molar-refractivity contribution in [2.45, 2.75) is 181 Å². The fourth-order valence-corrected chi connectivity index (χ4v) is 8.66. The first-order valence-electron chi connectivity index (χ1n) is 21.6. The van der Waals surface area contributed by atoms with E-state index in [1.165, 1.54) is 0 Å². The number of rotatable bonds is 17. The van der Waals surface area contributed by atoms with Crippen molar-refractivity contribution in [3.63, 3.8) is 0 Å². The number of amides is 4. The molecule has 4 amide bonds. The predicted molar refractivity (Wildman–Crippen MR) is 213 cm³/mol. The highest BCUT2D eigenvalue weighted by Crippen LogP contribution is 2.36. The van der Waals surface area contributed by atoms with Crippen LogP contribution < -0.4 is 21.3 Å². The molecule has 0 radical (unpaired) electrons. The SMILES string of the molecule is CC(=O)N[C@@H]1[C@@H](O)[C@H](O[C@@H]2O[C@H](CO)[C@@H](O[C@@H]3O[C@H](CO)[C@@H](O[C@@H]4O[C@H](CO)[C@@H](O[C@@H]5O[C@H](CO)[C@H](O)[C@H](O)[C@H]5O)[C@H](O)[C@H]4NC(C)=O)[C@H](O)[C@H]3NC(C)=O)[C@H](O)[C@H]2NC(C)=O)[C@@H](CO)O[C@H]1O. The molecule has 392 valence electrons. The normalized spacial score (nSPS) is 45.5. The smallest absolute Gasteiger partial charge is 0.217 e. The molecule has 5 heterocycles. The monoisotopic (exact) mass is 992 g/mol. The van der Waals surface area contributed by atoms with Crippen LogP contribution in [0.5, 0.6) is 0 Å². The van der Waals surface area contributed by atoms with Gasteiger partial charge in [-0.3, -0.25) is 19.2 Å². The predicted octanol–water partition coefficient (Wildman–Crippen LogP) is -11.3. The van der Waals surface area contributed by atoms with E-state index < -0.39 is 210 Å². The number of carbonyl (C=O) groups excluding carboxylic acids is 4. The Bertz CT molecular complexity index is 1670. The Morgan fingerprint density at radius 3 is 0.926 bits per heavy atom. The van der Waals surface area contributed by atoms with Crippen LogP contribution in [-0.2, 0) is 61.8 Å². The van der Waals surface area contributed by atoms with Crippen molar-refractivity contribution in [3.05, 3.63) is 0 Å². The fourth-order valence-electron chi connectivity index (χ4n) is 8.66. The Balaban J connectivity index is 1.38. The van der Waals surface area contributed by atoms with Gasteiger partial charge in [0.05, 0.1) is 33.0 Å². The van der Waals surface area contributed by atoms with E-state index >= 15 is 0 Å². The second-order valence-corrected chi connectivity index (χ2v) is 16.9. The van der Waals surface area contributed by atoms with Crippen molar-refractivity contribution in [2.75, 3.05) is 33.0 Å². The number of aliphatic hydroxyl groups excluding tert-OH is 13. The van der Waals surface area contributed by atoms with E-state index in [1.807, 2.05) is 0 Å². The Kier molecular flexibility index (Phi) is 20.1. The summed E-state index contributed by atoms with van der Waals surface area (Å²) in [6, 6.07) is -6.52. The zero-order valence-corrected chi connectivity index (χ0v) is 37.1. The van der Waals surface area contributed by atoms with Crippen LogP contribution in [0.3, 0.4) is 0 Å². The Morgan fingerprint density at radius 2 is 0.618 bits per heavy atom. The van der Waals surface area contributed by atoms with Crippen molar-refractivity contribution in [1.29, 1.82) is 0 Å². The van der Waals surface area contributed by atoms with Crippen molar-refractivity contribution in [1.82, 2.24) is 21.3 Å². The van der Waals surface area contributed by atoms with Gasteiger partial charge in [-0.25, -0.2) is 0 Å². The first-order chi connectivity index (χ1) is 32.1. The summed E-state index contributed by atoms with van der Waals surface area (Å²) in [5.74, 6) is -3.05. The van der Waals surface area contributed by atoms with Gasteiger partial charge in [0.15, 0.2) is 31.5 Å². The van der Waals surface area contributed by atoms with E-state index in [1.54, 1.807) is 0 Å². The minimum absolute atomic E-state index is 0.686. The summed E-state index contributed by atoms with van der Waals surface area (Å²) >= 11 is 0. The second kappa shape index (κ2) is 24.4. The molecule has 0 aliphatic carbocycles. The van der Waals surface area contributed by atoms with Gasteiger partial charge < -0.3 is 130 Å². The summed E-state index contributed by atoms with van der Waals surface area (Å²) in [7, 11) is 0.